The normalized spacial score (nSPS) is 28.0. The average molecular weight is 579 g/mol. The Morgan fingerprint density at radius 3 is 2.77 bits per heavy atom. The molecule has 1 aromatic carbocycles. The highest BCUT2D eigenvalue weighted by atomic mass is 35.5. The largest absolute Gasteiger partial charge is 0.491 e. The standard InChI is InChI=1S/C27H29ClF2N4O6/c1-2-27-22(35)13-38-23(27)21(12-39-27)40-26-32-20-9-17(28)24(33-25(20)34-26)31-10-16-18(29)7-15(8-19(16)30)37-11-14-5-3-4-6-36-14/h2,7-9,14,21-23,35H,1,3-6,10-13H2,(H2,31,32,33,34)/t14?,21-,22-,23-,27-/m1/s1. The van der Waals surface area contributed by atoms with Crippen LogP contribution in [0.2, 0.25) is 5.02 Å². The Morgan fingerprint density at radius 1 is 1.20 bits per heavy atom. The van der Waals surface area contributed by atoms with E-state index in [1.807, 2.05) is 0 Å². The molecule has 3 aliphatic heterocycles. The molecule has 6 rings (SSSR count). The van der Waals surface area contributed by atoms with Crippen LogP contribution in [-0.4, -0.2) is 76.5 Å². The minimum Gasteiger partial charge on any atom is -0.491 e. The van der Waals surface area contributed by atoms with Crippen molar-refractivity contribution in [3.05, 3.63) is 53.1 Å². The lowest BCUT2D eigenvalue weighted by atomic mass is 9.92. The van der Waals surface area contributed by atoms with Crippen molar-refractivity contribution < 1.29 is 37.6 Å². The summed E-state index contributed by atoms with van der Waals surface area (Å²) in [4.78, 5) is 11.7. The first kappa shape index (κ1) is 27.2. The van der Waals surface area contributed by atoms with Crippen molar-refractivity contribution in [3.63, 3.8) is 0 Å². The van der Waals surface area contributed by atoms with E-state index < -0.39 is 35.5 Å². The molecule has 0 amide bonds. The average Bonchev–Trinajstić information content (AvgIpc) is 3.61. The Balaban J connectivity index is 1.11. The fraction of sp³-hybridized carbons (Fsp3) is 0.481. The summed E-state index contributed by atoms with van der Waals surface area (Å²) in [7, 11) is 0. The maximum absolute atomic E-state index is 14.8. The molecule has 5 atom stereocenters. The monoisotopic (exact) mass is 578 g/mol. The van der Waals surface area contributed by atoms with Gasteiger partial charge in [0, 0.05) is 30.8 Å². The summed E-state index contributed by atoms with van der Waals surface area (Å²) in [5.74, 6) is -1.22. The lowest BCUT2D eigenvalue weighted by molar-refractivity contribution is -0.0398. The quantitative estimate of drug-likeness (QED) is 0.325. The zero-order chi connectivity index (χ0) is 27.9. The first-order valence-electron chi connectivity index (χ1n) is 13.1. The van der Waals surface area contributed by atoms with Crippen LogP contribution < -0.4 is 14.8 Å². The number of aromatic amines is 1. The van der Waals surface area contributed by atoms with Crippen LogP contribution in [0.1, 0.15) is 24.8 Å². The number of hydrogen-bond donors (Lipinski definition) is 3. The van der Waals surface area contributed by atoms with E-state index in [1.54, 1.807) is 6.07 Å². The minimum atomic E-state index is -1.03. The van der Waals surface area contributed by atoms with Gasteiger partial charge in [-0.2, -0.15) is 4.98 Å². The van der Waals surface area contributed by atoms with E-state index in [2.05, 4.69) is 26.8 Å². The lowest BCUT2D eigenvalue weighted by Crippen LogP contribution is -2.46. The molecule has 13 heteroatoms. The van der Waals surface area contributed by atoms with Crippen LogP contribution in [0.4, 0.5) is 14.6 Å². The second kappa shape index (κ2) is 11.1. The number of ether oxygens (including phenoxy) is 5. The van der Waals surface area contributed by atoms with Crippen molar-refractivity contribution in [3.8, 4) is 11.8 Å². The number of anilines is 1. The highest BCUT2D eigenvalue weighted by Crippen LogP contribution is 2.40. The maximum atomic E-state index is 14.8. The number of pyridine rings is 1. The Hall–Kier alpha value is -3.03. The fourth-order valence-corrected chi connectivity index (χ4v) is 5.51. The molecule has 0 bridgehead atoms. The highest BCUT2D eigenvalue weighted by Gasteiger charge is 2.59. The number of benzene rings is 1. The van der Waals surface area contributed by atoms with E-state index in [9.17, 15) is 13.9 Å². The molecule has 0 spiro atoms. The number of halogens is 3. The number of hydrogen-bond acceptors (Lipinski definition) is 9. The van der Waals surface area contributed by atoms with Crippen molar-refractivity contribution in [2.24, 2.45) is 0 Å². The zero-order valence-corrected chi connectivity index (χ0v) is 22.3. The predicted octanol–water partition coefficient (Wildman–Crippen LogP) is 3.91. The first-order chi connectivity index (χ1) is 19.4. The molecule has 214 valence electrons. The van der Waals surface area contributed by atoms with Gasteiger partial charge in [0.1, 0.15) is 47.6 Å². The molecular formula is C27H29ClF2N4O6. The topological polar surface area (TPSA) is 120 Å². The number of aliphatic hydroxyl groups is 1. The molecular weight excluding hydrogens is 550 g/mol. The number of nitrogens with zero attached hydrogens (tertiary/aromatic N) is 2. The van der Waals surface area contributed by atoms with Gasteiger partial charge >= 0.3 is 0 Å². The van der Waals surface area contributed by atoms with Gasteiger partial charge in [0.25, 0.3) is 6.01 Å². The van der Waals surface area contributed by atoms with Gasteiger partial charge in [-0.15, -0.1) is 6.58 Å². The van der Waals surface area contributed by atoms with Gasteiger partial charge in [-0.3, -0.25) is 0 Å². The zero-order valence-electron chi connectivity index (χ0n) is 21.5. The SMILES string of the molecule is C=C[C@]12OC[C@@H](Oc3nc4nc(NCc5c(F)cc(OCC6CCCCO6)cc5F)c(Cl)cc4[nH]3)[C@H]1OC[C@H]2O. The summed E-state index contributed by atoms with van der Waals surface area (Å²) >= 11 is 6.38. The molecule has 3 aliphatic rings. The molecule has 1 unspecified atom stereocenters. The molecule has 3 saturated heterocycles. The van der Waals surface area contributed by atoms with Crippen LogP contribution in [0.25, 0.3) is 11.2 Å². The van der Waals surface area contributed by atoms with Crippen LogP contribution >= 0.6 is 11.6 Å². The van der Waals surface area contributed by atoms with Gasteiger partial charge in [-0.25, -0.2) is 13.8 Å². The Bertz CT molecular complexity index is 1380. The molecule has 0 radical (unpaired) electrons. The third-order valence-corrected chi connectivity index (χ3v) is 7.77. The summed E-state index contributed by atoms with van der Waals surface area (Å²) in [5.41, 5.74) is -0.449. The maximum Gasteiger partial charge on any atom is 0.296 e. The van der Waals surface area contributed by atoms with Crippen molar-refractivity contribution in [2.75, 3.05) is 31.7 Å². The Morgan fingerprint density at radius 2 is 2.02 bits per heavy atom. The van der Waals surface area contributed by atoms with Gasteiger partial charge in [0.15, 0.2) is 11.8 Å². The van der Waals surface area contributed by atoms with Crippen molar-refractivity contribution in [1.29, 1.82) is 0 Å². The van der Waals surface area contributed by atoms with E-state index in [1.165, 1.54) is 6.08 Å². The van der Waals surface area contributed by atoms with E-state index >= 15 is 0 Å². The number of H-pyrrole nitrogens is 1. The van der Waals surface area contributed by atoms with E-state index in [-0.39, 0.29) is 66.3 Å². The van der Waals surface area contributed by atoms with Crippen LogP contribution in [0.3, 0.4) is 0 Å². The minimum absolute atomic E-state index is 0.0755. The van der Waals surface area contributed by atoms with E-state index in [4.69, 9.17) is 35.3 Å². The number of aromatic nitrogens is 3. The predicted molar refractivity (Wildman–Crippen MR) is 141 cm³/mol. The second-order valence-corrected chi connectivity index (χ2v) is 10.5. The van der Waals surface area contributed by atoms with Crippen molar-refractivity contribution in [2.45, 2.75) is 55.8 Å². The lowest BCUT2D eigenvalue weighted by Gasteiger charge is -2.26. The number of rotatable bonds is 9. The van der Waals surface area contributed by atoms with Crippen LogP contribution in [0, 0.1) is 11.6 Å². The summed E-state index contributed by atoms with van der Waals surface area (Å²) in [5, 5.41) is 13.4. The van der Waals surface area contributed by atoms with Gasteiger partial charge < -0.3 is 39.1 Å². The third-order valence-electron chi connectivity index (χ3n) is 7.48. The molecule has 10 nitrogen and oxygen atoms in total. The van der Waals surface area contributed by atoms with Gasteiger partial charge in [-0.1, -0.05) is 17.7 Å². The Kier molecular flexibility index (Phi) is 7.53. The number of imidazole rings is 1. The van der Waals surface area contributed by atoms with Crippen molar-refractivity contribution in [1.82, 2.24) is 15.0 Å². The summed E-state index contributed by atoms with van der Waals surface area (Å²) < 4.78 is 58.2. The number of fused-ring (bicyclic) bond motifs is 2. The molecule has 3 N–H and O–H groups in total. The fourth-order valence-electron chi connectivity index (χ4n) is 5.29. The van der Waals surface area contributed by atoms with Gasteiger partial charge in [0.05, 0.1) is 29.9 Å². The number of nitrogens with one attached hydrogen (secondary N) is 2. The van der Waals surface area contributed by atoms with Gasteiger partial charge in [-0.05, 0) is 25.3 Å². The Labute approximate surface area is 233 Å². The summed E-state index contributed by atoms with van der Waals surface area (Å²) in [6.45, 7) is 4.74. The van der Waals surface area contributed by atoms with Crippen LogP contribution in [0.5, 0.6) is 11.8 Å². The van der Waals surface area contributed by atoms with Crippen LogP contribution in [-0.2, 0) is 20.8 Å². The molecule has 3 aromatic rings. The second-order valence-electron chi connectivity index (χ2n) is 10.0. The van der Waals surface area contributed by atoms with Crippen LogP contribution in [0.15, 0.2) is 30.9 Å². The van der Waals surface area contributed by atoms with E-state index in [0.717, 1.165) is 31.4 Å². The molecule has 5 heterocycles. The third kappa shape index (κ3) is 5.10. The number of aliphatic hydroxyl groups excluding tert-OH is 1. The van der Waals surface area contributed by atoms with Crippen molar-refractivity contribution >= 4 is 28.6 Å². The molecule has 2 aromatic heterocycles. The summed E-state index contributed by atoms with van der Waals surface area (Å²) in [6.07, 6.45) is 2.44. The van der Waals surface area contributed by atoms with E-state index in [0.29, 0.717) is 12.1 Å². The molecule has 40 heavy (non-hydrogen) atoms. The van der Waals surface area contributed by atoms with Gasteiger partial charge in [0.2, 0.25) is 0 Å². The molecule has 0 saturated carbocycles. The highest BCUT2D eigenvalue weighted by molar-refractivity contribution is 6.33. The molecule has 0 aliphatic carbocycles. The first-order valence-corrected chi connectivity index (χ1v) is 13.5. The smallest absolute Gasteiger partial charge is 0.296 e. The summed E-state index contributed by atoms with van der Waals surface area (Å²) in [6, 6.07) is 4.04. The molecule has 3 fully saturated rings.